The molecule has 4 heterocycles. The van der Waals surface area contributed by atoms with Crippen LogP contribution in [0, 0.1) is 11.6 Å². The second-order valence-electron chi connectivity index (χ2n) is 12.4. The van der Waals surface area contributed by atoms with Gasteiger partial charge in [-0.25, -0.2) is 22.9 Å². The number of nitrogens with zero attached hydrogens (tertiary/aromatic N) is 7. The molecule has 2 amide bonds. The van der Waals surface area contributed by atoms with Gasteiger partial charge in [-0.05, 0) is 84.4 Å². The van der Waals surface area contributed by atoms with Gasteiger partial charge in [0.1, 0.15) is 22.7 Å². The zero-order valence-electron chi connectivity index (χ0n) is 25.9. The molecule has 0 saturated heterocycles. The first kappa shape index (κ1) is 31.2. The van der Waals surface area contributed by atoms with Crippen LogP contribution < -0.4 is 4.90 Å². The summed E-state index contributed by atoms with van der Waals surface area (Å²) in [5.41, 5.74) is 0.485. The third-order valence-corrected chi connectivity index (χ3v) is 6.50. The Bertz CT molecular complexity index is 1840. The van der Waals surface area contributed by atoms with E-state index in [1.165, 1.54) is 35.1 Å². The van der Waals surface area contributed by atoms with Gasteiger partial charge in [0.2, 0.25) is 0 Å². The summed E-state index contributed by atoms with van der Waals surface area (Å²) in [7, 11) is 0. The van der Waals surface area contributed by atoms with Crippen molar-refractivity contribution < 1.29 is 27.8 Å². The predicted molar refractivity (Wildman–Crippen MR) is 163 cm³/mol. The number of aromatic nitrogens is 6. The molecular formula is C32H33F2N7O4. The van der Waals surface area contributed by atoms with Crippen LogP contribution in [0.2, 0.25) is 0 Å². The van der Waals surface area contributed by atoms with Crippen LogP contribution in [0.5, 0.6) is 0 Å². The highest BCUT2D eigenvalue weighted by Crippen LogP contribution is 2.31. The molecule has 234 valence electrons. The van der Waals surface area contributed by atoms with E-state index in [4.69, 9.17) is 9.47 Å². The number of benzene rings is 1. The molecule has 0 fully saturated rings. The molecule has 0 saturated carbocycles. The van der Waals surface area contributed by atoms with E-state index in [9.17, 15) is 14.0 Å². The highest BCUT2D eigenvalue weighted by molar-refractivity contribution is 6.08. The molecule has 11 nitrogen and oxygen atoms in total. The van der Waals surface area contributed by atoms with E-state index in [2.05, 4.69) is 20.2 Å². The average molecular weight is 618 g/mol. The average Bonchev–Trinajstić information content (AvgIpc) is 3.58. The van der Waals surface area contributed by atoms with Crippen molar-refractivity contribution in [1.29, 1.82) is 0 Å². The second kappa shape index (κ2) is 11.7. The van der Waals surface area contributed by atoms with Gasteiger partial charge in [0.05, 0.1) is 12.2 Å². The van der Waals surface area contributed by atoms with Crippen LogP contribution >= 0.6 is 0 Å². The molecule has 13 heteroatoms. The van der Waals surface area contributed by atoms with Crippen molar-refractivity contribution in [3.05, 3.63) is 84.4 Å². The minimum atomic E-state index is -1.01. The Labute approximate surface area is 258 Å². The maximum absolute atomic E-state index is 16.0. The van der Waals surface area contributed by atoms with Crippen molar-refractivity contribution in [3.63, 3.8) is 0 Å². The number of anilines is 1. The number of amides is 2. The lowest BCUT2D eigenvalue weighted by molar-refractivity contribution is 0.0427. The minimum absolute atomic E-state index is 0.0509. The molecule has 0 aliphatic heterocycles. The van der Waals surface area contributed by atoms with E-state index in [0.717, 1.165) is 5.56 Å². The van der Waals surface area contributed by atoms with Gasteiger partial charge in [0.25, 0.3) is 5.95 Å². The molecule has 5 rings (SSSR count). The zero-order chi connectivity index (χ0) is 32.7. The minimum Gasteiger partial charge on any atom is -0.443 e. The molecule has 0 aliphatic carbocycles. The predicted octanol–water partition coefficient (Wildman–Crippen LogP) is 7.22. The van der Waals surface area contributed by atoms with Crippen molar-refractivity contribution in [1.82, 2.24) is 29.4 Å². The number of ether oxygens (including phenoxy) is 2. The summed E-state index contributed by atoms with van der Waals surface area (Å²) in [4.78, 5) is 35.3. The molecule has 1 unspecified atom stereocenters. The first-order valence-electron chi connectivity index (χ1n) is 14.2. The standard InChI is InChI=1S/C32H33F2N7O4/c1-19(20-8-10-23(33)11-9-20)40-18-22(17-36-40)24-12-14-35-27(26(24)34)21-13-15-39-25(16-21)37-28(38-39)41(29(42)44-31(2,3)4)30(43)45-32(5,6)7/h8-19H,1-7H3. The van der Waals surface area contributed by atoms with Gasteiger partial charge in [0, 0.05) is 35.3 Å². The van der Waals surface area contributed by atoms with Crippen LogP contribution in [0.4, 0.5) is 24.3 Å². The summed E-state index contributed by atoms with van der Waals surface area (Å²) in [6, 6.07) is 10.6. The first-order chi connectivity index (χ1) is 21.1. The van der Waals surface area contributed by atoms with Crippen LogP contribution in [-0.2, 0) is 9.47 Å². The smallest absolute Gasteiger partial charge is 0.427 e. The van der Waals surface area contributed by atoms with Gasteiger partial charge < -0.3 is 9.47 Å². The number of hydrogen-bond acceptors (Lipinski definition) is 8. The fourth-order valence-electron chi connectivity index (χ4n) is 4.42. The molecule has 0 bridgehead atoms. The highest BCUT2D eigenvalue weighted by Gasteiger charge is 2.35. The fraction of sp³-hybridized carbons (Fsp3) is 0.312. The fourth-order valence-corrected chi connectivity index (χ4v) is 4.42. The summed E-state index contributed by atoms with van der Waals surface area (Å²) in [6.07, 6.45) is 4.25. The molecule has 0 aliphatic rings. The maximum Gasteiger partial charge on any atom is 0.427 e. The van der Waals surface area contributed by atoms with Crippen LogP contribution in [0.25, 0.3) is 28.0 Å². The number of pyridine rings is 2. The van der Waals surface area contributed by atoms with Gasteiger partial charge in [-0.15, -0.1) is 10.00 Å². The van der Waals surface area contributed by atoms with Crippen LogP contribution in [-0.4, -0.2) is 52.8 Å². The molecule has 0 spiro atoms. The maximum atomic E-state index is 16.0. The van der Waals surface area contributed by atoms with Crippen molar-refractivity contribution in [3.8, 4) is 22.4 Å². The molecule has 5 aromatic rings. The summed E-state index contributed by atoms with van der Waals surface area (Å²) >= 11 is 0. The third-order valence-electron chi connectivity index (χ3n) is 6.50. The van der Waals surface area contributed by atoms with E-state index in [0.29, 0.717) is 16.0 Å². The van der Waals surface area contributed by atoms with Crippen LogP contribution in [0.15, 0.2) is 67.3 Å². The number of fused-ring (bicyclic) bond motifs is 1. The Kier molecular flexibility index (Phi) is 8.13. The lowest BCUT2D eigenvalue weighted by Gasteiger charge is -2.26. The van der Waals surface area contributed by atoms with Gasteiger partial charge in [-0.2, -0.15) is 10.1 Å². The van der Waals surface area contributed by atoms with Crippen molar-refractivity contribution in [2.45, 2.75) is 65.7 Å². The number of carbonyl (C=O) groups is 2. The Balaban J connectivity index is 1.47. The van der Waals surface area contributed by atoms with E-state index >= 15 is 4.39 Å². The lowest BCUT2D eigenvalue weighted by Crippen LogP contribution is -2.44. The van der Waals surface area contributed by atoms with E-state index in [1.807, 2.05) is 6.92 Å². The van der Waals surface area contributed by atoms with E-state index < -0.39 is 29.2 Å². The Morgan fingerprint density at radius 2 is 1.56 bits per heavy atom. The Hall–Kier alpha value is -5.20. The van der Waals surface area contributed by atoms with Gasteiger partial charge in [0.15, 0.2) is 11.5 Å². The van der Waals surface area contributed by atoms with Crippen molar-refractivity contribution >= 4 is 23.8 Å². The quantitative estimate of drug-likeness (QED) is 0.203. The zero-order valence-corrected chi connectivity index (χ0v) is 25.9. The first-order valence-corrected chi connectivity index (χ1v) is 14.2. The molecule has 45 heavy (non-hydrogen) atoms. The molecular weight excluding hydrogens is 584 g/mol. The monoisotopic (exact) mass is 617 g/mol. The number of halogens is 2. The van der Waals surface area contributed by atoms with Crippen molar-refractivity contribution in [2.24, 2.45) is 0 Å². The van der Waals surface area contributed by atoms with Crippen LogP contribution in [0.3, 0.4) is 0 Å². The Morgan fingerprint density at radius 1 is 0.911 bits per heavy atom. The number of carbonyl (C=O) groups excluding carboxylic acids is 2. The summed E-state index contributed by atoms with van der Waals surface area (Å²) in [6.45, 7) is 11.9. The van der Waals surface area contributed by atoms with Crippen LogP contribution in [0.1, 0.15) is 60.1 Å². The SMILES string of the molecule is CC(c1ccc(F)cc1)n1cc(-c2ccnc(-c3ccn4nc(N(C(=O)OC(C)(C)C)C(=O)OC(C)(C)C)nc4c3)c2F)cn1. The van der Waals surface area contributed by atoms with Gasteiger partial charge in [-0.3, -0.25) is 9.67 Å². The summed E-state index contributed by atoms with van der Waals surface area (Å²) in [5, 5.41) is 8.67. The second-order valence-corrected chi connectivity index (χ2v) is 12.4. The highest BCUT2D eigenvalue weighted by atomic mass is 19.1. The normalized spacial score (nSPS) is 12.6. The largest absolute Gasteiger partial charge is 0.443 e. The number of rotatable bonds is 5. The van der Waals surface area contributed by atoms with Gasteiger partial charge in [-0.1, -0.05) is 12.1 Å². The summed E-state index contributed by atoms with van der Waals surface area (Å²) < 4.78 is 43.2. The Morgan fingerprint density at radius 3 is 2.18 bits per heavy atom. The molecule has 4 aromatic heterocycles. The molecule has 1 aromatic carbocycles. The third kappa shape index (κ3) is 6.97. The van der Waals surface area contributed by atoms with E-state index in [-0.39, 0.29) is 34.7 Å². The lowest BCUT2D eigenvalue weighted by atomic mass is 10.1. The van der Waals surface area contributed by atoms with E-state index in [1.54, 1.807) is 82.9 Å². The molecule has 0 N–H and O–H groups in total. The summed E-state index contributed by atoms with van der Waals surface area (Å²) in [5.74, 6) is -1.19. The molecule has 0 radical (unpaired) electrons. The van der Waals surface area contributed by atoms with Gasteiger partial charge >= 0.3 is 12.2 Å². The van der Waals surface area contributed by atoms with Crippen molar-refractivity contribution in [2.75, 3.05) is 4.90 Å². The topological polar surface area (TPSA) is 117 Å². The number of imide groups is 1. The molecule has 1 atom stereocenters. The number of hydrogen-bond donors (Lipinski definition) is 0.